The molecule has 5 nitrogen and oxygen atoms in total. The number of carbonyl (C=O) groups is 1. The first kappa shape index (κ1) is 15.4. The minimum Gasteiger partial charge on any atom is -0.494 e. The molecule has 0 spiro atoms. The van der Waals surface area contributed by atoms with Crippen molar-refractivity contribution >= 4 is 17.2 Å². The minimum absolute atomic E-state index is 0.0138. The first-order valence-corrected chi connectivity index (χ1v) is 7.85. The lowest BCUT2D eigenvalue weighted by Crippen LogP contribution is -2.22. The molecule has 2 rings (SSSR count). The van der Waals surface area contributed by atoms with Crippen molar-refractivity contribution in [2.24, 2.45) is 0 Å². The quantitative estimate of drug-likeness (QED) is 0.761. The second kappa shape index (κ2) is 8.36. The van der Waals surface area contributed by atoms with Crippen molar-refractivity contribution in [2.45, 2.75) is 32.7 Å². The Bertz CT molecular complexity index is 557. The second-order valence-corrected chi connectivity index (χ2v) is 5.63. The number of ether oxygens (including phenoxy) is 1. The van der Waals surface area contributed by atoms with Gasteiger partial charge in [0.15, 0.2) is 0 Å². The van der Waals surface area contributed by atoms with Crippen molar-refractivity contribution in [3.63, 3.8) is 0 Å². The van der Waals surface area contributed by atoms with Crippen LogP contribution in [0.25, 0.3) is 0 Å². The number of hydrogen-bond donors (Lipinski definition) is 1. The molecule has 0 atom stereocenters. The fourth-order valence-corrected chi connectivity index (χ4v) is 2.43. The standard InChI is InChI=1S/C15H19N3O2S/c1-2-14-17-18-15(21-14)11-16-13(19)9-6-10-20-12-7-4-3-5-8-12/h3-5,7-8H,2,6,9-11H2,1H3,(H,16,19). The summed E-state index contributed by atoms with van der Waals surface area (Å²) in [6.45, 7) is 3.03. The van der Waals surface area contributed by atoms with E-state index in [0.29, 0.717) is 26.0 Å². The van der Waals surface area contributed by atoms with Gasteiger partial charge in [-0.15, -0.1) is 10.2 Å². The predicted molar refractivity (Wildman–Crippen MR) is 82.3 cm³/mol. The largest absolute Gasteiger partial charge is 0.494 e. The predicted octanol–water partition coefficient (Wildman–Crippen LogP) is 2.58. The van der Waals surface area contributed by atoms with E-state index in [-0.39, 0.29) is 5.91 Å². The number of carbonyl (C=O) groups excluding carboxylic acids is 1. The third-order valence-electron chi connectivity index (χ3n) is 2.81. The Balaban J connectivity index is 1.59. The Morgan fingerprint density at radius 2 is 2.00 bits per heavy atom. The number of amides is 1. The number of hydrogen-bond acceptors (Lipinski definition) is 5. The maximum atomic E-state index is 11.7. The van der Waals surface area contributed by atoms with Crippen LogP contribution in [0, 0.1) is 0 Å². The molecule has 0 saturated heterocycles. The van der Waals surface area contributed by atoms with Crippen LogP contribution >= 0.6 is 11.3 Å². The lowest BCUT2D eigenvalue weighted by atomic mass is 10.3. The van der Waals surface area contributed by atoms with Crippen molar-refractivity contribution in [3.05, 3.63) is 40.3 Å². The lowest BCUT2D eigenvalue weighted by molar-refractivity contribution is -0.121. The van der Waals surface area contributed by atoms with Gasteiger partial charge in [-0.3, -0.25) is 4.79 Å². The molecule has 0 aliphatic carbocycles. The summed E-state index contributed by atoms with van der Waals surface area (Å²) < 4.78 is 5.54. The van der Waals surface area contributed by atoms with Crippen LogP contribution in [0.2, 0.25) is 0 Å². The van der Waals surface area contributed by atoms with Crippen molar-refractivity contribution in [1.82, 2.24) is 15.5 Å². The summed E-state index contributed by atoms with van der Waals surface area (Å²) in [6, 6.07) is 9.60. The molecular formula is C15H19N3O2S. The molecule has 0 radical (unpaired) electrons. The third kappa shape index (κ3) is 5.51. The van der Waals surface area contributed by atoms with Crippen LogP contribution < -0.4 is 10.1 Å². The van der Waals surface area contributed by atoms with E-state index in [2.05, 4.69) is 15.5 Å². The summed E-state index contributed by atoms with van der Waals surface area (Å²) in [6.07, 6.45) is 2.02. The minimum atomic E-state index is 0.0138. The topological polar surface area (TPSA) is 64.1 Å². The number of nitrogens with zero attached hydrogens (tertiary/aromatic N) is 2. The van der Waals surface area contributed by atoms with Crippen LogP contribution in [0.1, 0.15) is 29.8 Å². The van der Waals surface area contributed by atoms with Gasteiger partial charge in [-0.1, -0.05) is 36.5 Å². The number of aryl methyl sites for hydroxylation is 1. The molecule has 0 bridgehead atoms. The van der Waals surface area contributed by atoms with Crippen molar-refractivity contribution in [3.8, 4) is 5.75 Å². The van der Waals surface area contributed by atoms with E-state index in [1.54, 1.807) is 0 Å². The molecule has 1 aromatic heterocycles. The normalized spacial score (nSPS) is 10.3. The van der Waals surface area contributed by atoms with Crippen LogP contribution in [-0.2, 0) is 17.8 Å². The Hall–Kier alpha value is -1.95. The molecular weight excluding hydrogens is 286 g/mol. The summed E-state index contributed by atoms with van der Waals surface area (Å²) in [5.74, 6) is 0.846. The summed E-state index contributed by atoms with van der Waals surface area (Å²) in [5, 5.41) is 12.7. The Labute approximate surface area is 128 Å². The second-order valence-electron chi connectivity index (χ2n) is 4.48. The first-order valence-electron chi connectivity index (χ1n) is 7.03. The molecule has 1 aromatic carbocycles. The van der Waals surface area contributed by atoms with Gasteiger partial charge in [-0.2, -0.15) is 0 Å². The first-order chi connectivity index (χ1) is 10.3. The number of nitrogens with one attached hydrogen (secondary N) is 1. The molecule has 1 heterocycles. The summed E-state index contributed by atoms with van der Waals surface area (Å²) in [5.41, 5.74) is 0. The van der Waals surface area contributed by atoms with Gasteiger partial charge in [0, 0.05) is 6.42 Å². The highest BCUT2D eigenvalue weighted by Crippen LogP contribution is 2.10. The summed E-state index contributed by atoms with van der Waals surface area (Å²) in [4.78, 5) is 11.7. The zero-order chi connectivity index (χ0) is 14.9. The van der Waals surface area contributed by atoms with Gasteiger partial charge in [-0.25, -0.2) is 0 Å². The van der Waals surface area contributed by atoms with E-state index in [9.17, 15) is 4.79 Å². The van der Waals surface area contributed by atoms with Crippen LogP contribution in [0.3, 0.4) is 0 Å². The average molecular weight is 305 g/mol. The molecule has 0 unspecified atom stereocenters. The lowest BCUT2D eigenvalue weighted by Gasteiger charge is -2.06. The van der Waals surface area contributed by atoms with Gasteiger partial charge in [0.1, 0.15) is 15.8 Å². The van der Waals surface area contributed by atoms with Crippen LogP contribution in [0.15, 0.2) is 30.3 Å². The molecule has 21 heavy (non-hydrogen) atoms. The third-order valence-corrected chi connectivity index (χ3v) is 3.88. The highest BCUT2D eigenvalue weighted by Gasteiger charge is 2.05. The molecule has 112 valence electrons. The van der Waals surface area contributed by atoms with Crippen molar-refractivity contribution in [1.29, 1.82) is 0 Å². The molecule has 0 aliphatic heterocycles. The fourth-order valence-electron chi connectivity index (χ4n) is 1.70. The monoisotopic (exact) mass is 305 g/mol. The number of benzene rings is 1. The highest BCUT2D eigenvalue weighted by molar-refractivity contribution is 7.11. The van der Waals surface area contributed by atoms with E-state index in [0.717, 1.165) is 22.2 Å². The Morgan fingerprint density at radius 3 is 2.71 bits per heavy atom. The molecule has 6 heteroatoms. The summed E-state index contributed by atoms with van der Waals surface area (Å²) >= 11 is 1.54. The Morgan fingerprint density at radius 1 is 1.24 bits per heavy atom. The molecule has 1 N–H and O–H groups in total. The molecule has 0 saturated carbocycles. The van der Waals surface area contributed by atoms with Gasteiger partial charge >= 0.3 is 0 Å². The molecule has 2 aromatic rings. The summed E-state index contributed by atoms with van der Waals surface area (Å²) in [7, 11) is 0. The van der Waals surface area contributed by atoms with Crippen LogP contribution in [0.5, 0.6) is 5.75 Å². The zero-order valence-corrected chi connectivity index (χ0v) is 12.9. The van der Waals surface area contributed by atoms with E-state index >= 15 is 0 Å². The fraction of sp³-hybridized carbons (Fsp3) is 0.400. The number of aromatic nitrogens is 2. The van der Waals surface area contributed by atoms with Gasteiger partial charge < -0.3 is 10.1 Å². The number of rotatable bonds is 8. The van der Waals surface area contributed by atoms with Crippen molar-refractivity contribution < 1.29 is 9.53 Å². The van der Waals surface area contributed by atoms with E-state index < -0.39 is 0 Å². The number of para-hydroxylation sites is 1. The Kier molecular flexibility index (Phi) is 6.15. The molecule has 0 fully saturated rings. The van der Waals surface area contributed by atoms with Crippen molar-refractivity contribution in [2.75, 3.05) is 6.61 Å². The van der Waals surface area contributed by atoms with Gasteiger partial charge in [0.05, 0.1) is 13.2 Å². The maximum absolute atomic E-state index is 11.7. The average Bonchev–Trinajstić information content (AvgIpc) is 2.99. The highest BCUT2D eigenvalue weighted by atomic mass is 32.1. The van der Waals surface area contributed by atoms with E-state index in [1.807, 2.05) is 37.3 Å². The van der Waals surface area contributed by atoms with E-state index in [4.69, 9.17) is 4.74 Å². The van der Waals surface area contributed by atoms with Gasteiger partial charge in [0.25, 0.3) is 0 Å². The van der Waals surface area contributed by atoms with Gasteiger partial charge in [-0.05, 0) is 25.0 Å². The van der Waals surface area contributed by atoms with Crippen LogP contribution in [-0.4, -0.2) is 22.7 Å². The van der Waals surface area contributed by atoms with Crippen LogP contribution in [0.4, 0.5) is 0 Å². The van der Waals surface area contributed by atoms with E-state index in [1.165, 1.54) is 11.3 Å². The SMILES string of the molecule is CCc1nnc(CNC(=O)CCCOc2ccccc2)s1. The zero-order valence-electron chi connectivity index (χ0n) is 12.0. The van der Waals surface area contributed by atoms with Gasteiger partial charge in [0.2, 0.25) is 5.91 Å². The smallest absolute Gasteiger partial charge is 0.220 e. The maximum Gasteiger partial charge on any atom is 0.220 e. The molecule has 0 aliphatic rings. The molecule has 1 amide bonds.